The van der Waals surface area contributed by atoms with Gasteiger partial charge in [-0.3, -0.25) is 0 Å². The molecular formula is C14H20Si. The largest absolute Gasteiger partial charge is 0.103 e. The van der Waals surface area contributed by atoms with Gasteiger partial charge in [-0.05, 0) is 12.8 Å². The summed E-state index contributed by atoms with van der Waals surface area (Å²) in [6, 6.07) is 10.8. The molecule has 0 radical (unpaired) electrons. The zero-order chi connectivity index (χ0) is 11.1. The molecule has 0 bridgehead atoms. The highest BCUT2D eigenvalue weighted by Gasteiger charge is 2.18. The van der Waals surface area contributed by atoms with Crippen molar-refractivity contribution < 1.29 is 0 Å². The van der Waals surface area contributed by atoms with Crippen molar-refractivity contribution in [1.29, 1.82) is 0 Å². The molecule has 0 fully saturated rings. The first kappa shape index (κ1) is 12.0. The van der Waals surface area contributed by atoms with Crippen LogP contribution in [0.3, 0.4) is 0 Å². The SMILES string of the molecule is C=CCC/C=C/[Si](C)(C)c1ccccc1. The monoisotopic (exact) mass is 216 g/mol. The van der Waals surface area contributed by atoms with Gasteiger partial charge in [-0.2, -0.15) is 0 Å². The molecule has 0 unspecified atom stereocenters. The lowest BCUT2D eigenvalue weighted by atomic mass is 10.3. The van der Waals surface area contributed by atoms with Crippen LogP contribution in [0.2, 0.25) is 13.1 Å². The van der Waals surface area contributed by atoms with Crippen molar-refractivity contribution in [2.75, 3.05) is 0 Å². The Hall–Kier alpha value is -1.08. The second-order valence-corrected chi connectivity index (χ2v) is 8.71. The Bertz CT molecular complexity index is 322. The Morgan fingerprint density at radius 1 is 1.13 bits per heavy atom. The fraction of sp³-hybridized carbons (Fsp3) is 0.286. The van der Waals surface area contributed by atoms with Crippen LogP contribution in [0.1, 0.15) is 12.8 Å². The van der Waals surface area contributed by atoms with E-state index in [2.05, 4.69) is 61.8 Å². The van der Waals surface area contributed by atoms with Gasteiger partial charge in [0.25, 0.3) is 0 Å². The van der Waals surface area contributed by atoms with Crippen molar-refractivity contribution in [1.82, 2.24) is 0 Å². The zero-order valence-electron chi connectivity index (χ0n) is 9.74. The van der Waals surface area contributed by atoms with E-state index >= 15 is 0 Å². The van der Waals surface area contributed by atoms with E-state index in [0.717, 1.165) is 12.8 Å². The molecule has 0 aliphatic rings. The van der Waals surface area contributed by atoms with Crippen LogP contribution in [0.4, 0.5) is 0 Å². The van der Waals surface area contributed by atoms with E-state index in [9.17, 15) is 0 Å². The molecule has 0 aromatic heterocycles. The van der Waals surface area contributed by atoms with Crippen LogP contribution in [-0.4, -0.2) is 8.07 Å². The lowest BCUT2D eigenvalue weighted by Gasteiger charge is -2.18. The van der Waals surface area contributed by atoms with E-state index in [4.69, 9.17) is 0 Å². The molecule has 1 rings (SSSR count). The molecule has 1 aromatic carbocycles. The first-order chi connectivity index (χ1) is 7.17. The summed E-state index contributed by atoms with van der Waals surface area (Å²) in [4.78, 5) is 0. The number of hydrogen-bond donors (Lipinski definition) is 0. The molecular weight excluding hydrogens is 196 g/mol. The minimum absolute atomic E-state index is 1.08. The predicted octanol–water partition coefficient (Wildman–Crippen LogP) is 3.66. The lowest BCUT2D eigenvalue weighted by Crippen LogP contribution is -2.39. The van der Waals surface area contributed by atoms with E-state index < -0.39 is 8.07 Å². The van der Waals surface area contributed by atoms with E-state index in [1.807, 2.05) is 6.08 Å². The van der Waals surface area contributed by atoms with Gasteiger partial charge >= 0.3 is 0 Å². The first-order valence-corrected chi connectivity index (χ1v) is 8.58. The Labute approximate surface area is 94.4 Å². The molecule has 0 spiro atoms. The van der Waals surface area contributed by atoms with E-state index in [1.54, 1.807) is 0 Å². The smallest absolute Gasteiger partial charge is 0.103 e. The lowest BCUT2D eigenvalue weighted by molar-refractivity contribution is 1.06. The molecule has 80 valence electrons. The van der Waals surface area contributed by atoms with Gasteiger partial charge in [-0.25, -0.2) is 0 Å². The van der Waals surface area contributed by atoms with E-state index in [-0.39, 0.29) is 0 Å². The summed E-state index contributed by atoms with van der Waals surface area (Å²) in [6.45, 7) is 8.49. The molecule has 0 amide bonds. The molecule has 1 heteroatoms. The van der Waals surface area contributed by atoms with E-state index in [1.165, 1.54) is 5.19 Å². The number of hydrogen-bond acceptors (Lipinski definition) is 0. The summed E-state index contributed by atoms with van der Waals surface area (Å²) >= 11 is 0. The maximum absolute atomic E-state index is 3.73. The molecule has 0 aliphatic heterocycles. The average molecular weight is 216 g/mol. The van der Waals surface area contributed by atoms with Crippen LogP contribution in [0.25, 0.3) is 0 Å². The first-order valence-electron chi connectivity index (χ1n) is 5.51. The summed E-state index contributed by atoms with van der Waals surface area (Å²) in [5.74, 6) is 0. The van der Waals surface area contributed by atoms with Gasteiger partial charge in [0.2, 0.25) is 0 Å². The summed E-state index contributed by atoms with van der Waals surface area (Å²) < 4.78 is 0. The van der Waals surface area contributed by atoms with Crippen LogP contribution >= 0.6 is 0 Å². The number of allylic oxidation sites excluding steroid dienone is 2. The van der Waals surface area contributed by atoms with Crippen LogP contribution < -0.4 is 5.19 Å². The summed E-state index contributed by atoms with van der Waals surface area (Å²) in [5, 5.41) is 1.50. The topological polar surface area (TPSA) is 0 Å². The standard InChI is InChI=1S/C14H20Si/c1-4-5-6-10-13-15(2,3)14-11-8-7-9-12-14/h4,7-13H,1,5-6H2,2-3H3/b13-10+. The normalized spacial score (nSPS) is 11.9. The van der Waals surface area contributed by atoms with Crippen LogP contribution in [0, 0.1) is 0 Å². The van der Waals surface area contributed by atoms with Crippen molar-refractivity contribution >= 4 is 13.3 Å². The van der Waals surface area contributed by atoms with Crippen molar-refractivity contribution in [3.05, 3.63) is 54.8 Å². The highest BCUT2D eigenvalue weighted by atomic mass is 28.3. The average Bonchev–Trinajstić information content (AvgIpc) is 2.26. The molecule has 0 heterocycles. The highest BCUT2D eigenvalue weighted by molar-refractivity contribution is 6.93. The Morgan fingerprint density at radius 3 is 2.40 bits per heavy atom. The second-order valence-electron chi connectivity index (χ2n) is 4.36. The number of unbranched alkanes of at least 4 members (excludes halogenated alkanes) is 1. The molecule has 1 aromatic rings. The summed E-state index contributed by atoms with van der Waals surface area (Å²) in [6.07, 6.45) is 6.48. The van der Waals surface area contributed by atoms with Crippen LogP contribution in [-0.2, 0) is 0 Å². The molecule has 15 heavy (non-hydrogen) atoms. The third-order valence-corrected chi connectivity index (χ3v) is 5.48. The fourth-order valence-corrected chi connectivity index (χ4v) is 3.56. The van der Waals surface area contributed by atoms with Crippen molar-refractivity contribution in [2.24, 2.45) is 0 Å². The Kier molecular flexibility index (Phi) is 4.57. The molecule has 0 aliphatic carbocycles. The molecule has 0 atom stereocenters. The molecule has 0 N–H and O–H groups in total. The fourth-order valence-electron chi connectivity index (χ4n) is 1.56. The van der Waals surface area contributed by atoms with Gasteiger partial charge in [0.1, 0.15) is 8.07 Å². The minimum Gasteiger partial charge on any atom is -0.103 e. The zero-order valence-corrected chi connectivity index (χ0v) is 10.7. The van der Waals surface area contributed by atoms with E-state index in [0.29, 0.717) is 0 Å². The maximum Gasteiger partial charge on any atom is 0.103 e. The van der Waals surface area contributed by atoms with Gasteiger partial charge in [0, 0.05) is 0 Å². The van der Waals surface area contributed by atoms with Gasteiger partial charge < -0.3 is 0 Å². The van der Waals surface area contributed by atoms with Crippen molar-refractivity contribution in [3.8, 4) is 0 Å². The molecule has 0 saturated carbocycles. The quantitative estimate of drug-likeness (QED) is 0.400. The summed E-state index contributed by atoms with van der Waals surface area (Å²) in [5.41, 5.74) is 2.42. The third kappa shape index (κ3) is 3.88. The second kappa shape index (κ2) is 5.71. The van der Waals surface area contributed by atoms with Gasteiger partial charge in [0.15, 0.2) is 0 Å². The van der Waals surface area contributed by atoms with Crippen molar-refractivity contribution in [2.45, 2.75) is 25.9 Å². The highest BCUT2D eigenvalue weighted by Crippen LogP contribution is 2.06. The Morgan fingerprint density at radius 2 is 1.80 bits per heavy atom. The van der Waals surface area contributed by atoms with Crippen molar-refractivity contribution in [3.63, 3.8) is 0 Å². The van der Waals surface area contributed by atoms with Gasteiger partial charge in [-0.1, -0.05) is 66.5 Å². The maximum atomic E-state index is 3.73. The minimum atomic E-state index is -1.34. The summed E-state index contributed by atoms with van der Waals surface area (Å²) in [7, 11) is -1.34. The predicted molar refractivity (Wildman–Crippen MR) is 72.1 cm³/mol. The number of benzene rings is 1. The molecule has 0 nitrogen and oxygen atoms in total. The Balaban J connectivity index is 2.66. The third-order valence-electron chi connectivity index (χ3n) is 2.59. The van der Waals surface area contributed by atoms with Gasteiger partial charge in [-0.15, -0.1) is 6.58 Å². The number of rotatable bonds is 5. The van der Waals surface area contributed by atoms with Crippen LogP contribution in [0.5, 0.6) is 0 Å². The van der Waals surface area contributed by atoms with Crippen LogP contribution in [0.15, 0.2) is 54.8 Å². The molecule has 0 saturated heterocycles. The van der Waals surface area contributed by atoms with Gasteiger partial charge in [0.05, 0.1) is 0 Å².